The monoisotopic (exact) mass is 308 g/mol. The van der Waals surface area contributed by atoms with Crippen LogP contribution in [0.25, 0.3) is 0 Å². The molecule has 10 heteroatoms. The van der Waals surface area contributed by atoms with E-state index in [9.17, 15) is 23.1 Å². The zero-order valence-electron chi connectivity index (χ0n) is 10.4. The number of rotatable bonds is 3. The molecule has 0 saturated carbocycles. The number of anilines is 1. The minimum Gasteiger partial charge on any atom is -0.548 e. The van der Waals surface area contributed by atoms with Crippen molar-refractivity contribution >= 4 is 27.7 Å². The topological polar surface area (TPSA) is 127 Å². The van der Waals surface area contributed by atoms with Crippen LogP contribution in [-0.4, -0.2) is 30.9 Å². The van der Waals surface area contributed by atoms with Crippen molar-refractivity contribution in [1.29, 1.82) is 0 Å². The second-order valence-corrected chi connectivity index (χ2v) is 5.33. The number of nitrogens with zero attached hydrogens (tertiary/aromatic N) is 1. The molecule has 1 amide bonds. The molecule has 1 aromatic carbocycles. The van der Waals surface area contributed by atoms with Gasteiger partial charge in [0.15, 0.2) is 0 Å². The summed E-state index contributed by atoms with van der Waals surface area (Å²) in [6, 6.07) is 3.76. The van der Waals surface area contributed by atoms with Crippen LogP contribution in [0.4, 0.5) is 5.69 Å². The van der Waals surface area contributed by atoms with Gasteiger partial charge in [-0.05, 0) is 18.2 Å². The fourth-order valence-electron chi connectivity index (χ4n) is 1.68. The maximum Gasteiger partial charge on any atom is 1.00 e. The average molecular weight is 308 g/mol. The Kier molecular flexibility index (Phi) is 5.30. The van der Waals surface area contributed by atoms with Gasteiger partial charge in [0.1, 0.15) is 0 Å². The zero-order chi connectivity index (χ0) is 14.2. The van der Waals surface area contributed by atoms with Crippen molar-refractivity contribution in [3.8, 4) is 0 Å². The van der Waals surface area contributed by atoms with Crippen LogP contribution in [0.5, 0.6) is 0 Å². The van der Waals surface area contributed by atoms with Crippen LogP contribution in [-0.2, 0) is 19.7 Å². The molecule has 1 heterocycles. The molecule has 0 bridgehead atoms. The summed E-state index contributed by atoms with van der Waals surface area (Å²) in [5, 5.41) is 11.6. The number of benzene rings is 1. The Morgan fingerprint density at radius 1 is 1.45 bits per heavy atom. The number of carboxylic acids is 1. The number of aliphatic carboxylic acids is 1. The number of nitrogens with one attached hydrogen (secondary N) is 1. The number of carbonyl (C=O) groups is 2. The molecule has 0 radical (unpaired) electrons. The Morgan fingerprint density at radius 2 is 2.10 bits per heavy atom. The molecule has 2 rings (SSSR count). The fraction of sp³-hybridized carbons (Fsp3) is 0.200. The molecule has 1 unspecified atom stereocenters. The Hall–Kier alpha value is -0.970. The summed E-state index contributed by atoms with van der Waals surface area (Å²) in [6.45, 7) is 0. The van der Waals surface area contributed by atoms with E-state index in [1.165, 1.54) is 12.1 Å². The van der Waals surface area contributed by atoms with Crippen LogP contribution in [0.1, 0.15) is 6.42 Å². The molecule has 20 heavy (non-hydrogen) atoms. The smallest absolute Gasteiger partial charge is 0.548 e. The van der Waals surface area contributed by atoms with Crippen molar-refractivity contribution in [3.05, 3.63) is 24.3 Å². The SMILES string of the molecule is O=C([O-])C1CC(=O)N(c2cccc(S(=O)(=O)O)c2)N1.[Na+]. The van der Waals surface area contributed by atoms with Crippen LogP contribution in [0.15, 0.2) is 29.2 Å². The molecular weight excluding hydrogens is 299 g/mol. The molecule has 0 aliphatic carbocycles. The largest absolute Gasteiger partial charge is 1.00 e. The minimum absolute atomic E-state index is 0. The summed E-state index contributed by atoms with van der Waals surface area (Å²) in [7, 11) is -4.40. The van der Waals surface area contributed by atoms with E-state index in [0.29, 0.717) is 0 Å². The number of hydrogen-bond donors (Lipinski definition) is 2. The summed E-state index contributed by atoms with van der Waals surface area (Å²) in [4.78, 5) is 21.9. The Bertz CT molecular complexity index is 647. The van der Waals surface area contributed by atoms with Crippen LogP contribution in [0, 0.1) is 0 Å². The van der Waals surface area contributed by atoms with Crippen molar-refractivity contribution in [2.45, 2.75) is 17.4 Å². The predicted octanol–water partition coefficient (Wildman–Crippen LogP) is -4.70. The molecular formula is C10H9N2NaO6S. The van der Waals surface area contributed by atoms with Crippen molar-refractivity contribution in [2.24, 2.45) is 0 Å². The minimum atomic E-state index is -4.40. The van der Waals surface area contributed by atoms with Crippen LogP contribution in [0.3, 0.4) is 0 Å². The first-order valence-electron chi connectivity index (χ1n) is 5.16. The number of amides is 1. The molecule has 1 aliphatic heterocycles. The summed E-state index contributed by atoms with van der Waals surface area (Å²) in [5.74, 6) is -1.97. The van der Waals surface area contributed by atoms with Gasteiger partial charge in [-0.2, -0.15) is 8.42 Å². The van der Waals surface area contributed by atoms with E-state index in [1.807, 2.05) is 0 Å². The molecule has 1 aliphatic rings. The molecule has 1 fully saturated rings. The van der Waals surface area contributed by atoms with Crippen molar-refractivity contribution in [3.63, 3.8) is 0 Å². The van der Waals surface area contributed by atoms with Gasteiger partial charge >= 0.3 is 29.6 Å². The van der Waals surface area contributed by atoms with Gasteiger partial charge < -0.3 is 9.90 Å². The quantitative estimate of drug-likeness (QED) is 0.424. The number of carbonyl (C=O) groups excluding carboxylic acids is 2. The number of hydrazine groups is 1. The van der Waals surface area contributed by atoms with Gasteiger partial charge in [-0.1, -0.05) is 6.07 Å². The first-order valence-corrected chi connectivity index (χ1v) is 6.60. The van der Waals surface area contributed by atoms with Gasteiger partial charge in [-0.15, -0.1) is 0 Å². The summed E-state index contributed by atoms with van der Waals surface area (Å²) in [6.07, 6.45) is -0.293. The third kappa shape index (κ3) is 3.57. The van der Waals surface area contributed by atoms with E-state index in [2.05, 4.69) is 5.43 Å². The van der Waals surface area contributed by atoms with Crippen molar-refractivity contribution in [1.82, 2.24) is 5.43 Å². The van der Waals surface area contributed by atoms with Gasteiger partial charge in [0.05, 0.1) is 29.0 Å². The molecule has 1 saturated heterocycles. The normalized spacial score (nSPS) is 18.8. The Morgan fingerprint density at radius 3 is 2.60 bits per heavy atom. The van der Waals surface area contributed by atoms with Crippen molar-refractivity contribution < 1.29 is 57.2 Å². The summed E-state index contributed by atoms with van der Waals surface area (Å²) >= 11 is 0. The summed E-state index contributed by atoms with van der Waals surface area (Å²) in [5.41, 5.74) is 2.50. The Labute approximate surface area is 136 Å². The second kappa shape index (κ2) is 6.20. The van der Waals surface area contributed by atoms with E-state index >= 15 is 0 Å². The van der Waals surface area contributed by atoms with Crippen LogP contribution < -0.4 is 45.1 Å². The van der Waals surface area contributed by atoms with Crippen LogP contribution in [0.2, 0.25) is 0 Å². The van der Waals surface area contributed by atoms with Gasteiger partial charge in [-0.3, -0.25) is 9.35 Å². The first-order chi connectivity index (χ1) is 8.79. The van der Waals surface area contributed by atoms with E-state index in [-0.39, 0.29) is 41.7 Å². The zero-order valence-corrected chi connectivity index (χ0v) is 13.3. The first kappa shape index (κ1) is 17.1. The average Bonchev–Trinajstić information content (AvgIpc) is 2.71. The molecule has 8 nitrogen and oxygen atoms in total. The van der Waals surface area contributed by atoms with Gasteiger partial charge in [0.25, 0.3) is 10.1 Å². The van der Waals surface area contributed by atoms with E-state index in [1.54, 1.807) is 0 Å². The Balaban J connectivity index is 0.00000200. The van der Waals surface area contributed by atoms with Crippen LogP contribution >= 0.6 is 0 Å². The van der Waals surface area contributed by atoms with E-state index in [0.717, 1.165) is 17.1 Å². The second-order valence-electron chi connectivity index (χ2n) is 3.91. The van der Waals surface area contributed by atoms with E-state index in [4.69, 9.17) is 4.55 Å². The molecule has 0 aromatic heterocycles. The fourth-order valence-corrected chi connectivity index (χ4v) is 2.20. The number of carboxylic acid groups (broad SMARTS) is 1. The molecule has 102 valence electrons. The molecule has 1 aromatic rings. The maximum atomic E-state index is 11.6. The third-order valence-electron chi connectivity index (χ3n) is 2.57. The molecule has 2 N–H and O–H groups in total. The summed E-state index contributed by atoms with van der Waals surface area (Å²) < 4.78 is 30.9. The van der Waals surface area contributed by atoms with Gasteiger partial charge in [-0.25, -0.2) is 10.4 Å². The molecule has 0 spiro atoms. The maximum absolute atomic E-state index is 11.6. The van der Waals surface area contributed by atoms with E-state index < -0.39 is 32.9 Å². The van der Waals surface area contributed by atoms with Gasteiger partial charge in [0.2, 0.25) is 5.91 Å². The van der Waals surface area contributed by atoms with Gasteiger partial charge in [0, 0.05) is 0 Å². The number of hydrogen-bond acceptors (Lipinski definition) is 6. The molecule has 1 atom stereocenters. The third-order valence-corrected chi connectivity index (χ3v) is 3.42. The predicted molar refractivity (Wildman–Crippen MR) is 60.3 cm³/mol. The van der Waals surface area contributed by atoms with Crippen molar-refractivity contribution in [2.75, 3.05) is 5.01 Å². The standard InChI is InChI=1S/C10H10N2O6S.Na/c13-9-5-8(10(14)15)11-12(9)6-2-1-3-7(4-6)19(16,17)18;/h1-4,8,11H,5H2,(H,14,15)(H,16,17,18);/q;+1/p-1.